The molecule has 1 aromatic heterocycles. The van der Waals surface area contributed by atoms with Crippen molar-refractivity contribution in [3.8, 4) is 0 Å². The van der Waals surface area contributed by atoms with Crippen LogP contribution in [-0.2, 0) is 0 Å². The minimum absolute atomic E-state index is 0.105. The molecule has 0 spiro atoms. The quantitative estimate of drug-likeness (QED) is 0.686. The highest BCUT2D eigenvalue weighted by molar-refractivity contribution is 7.13. The second-order valence-corrected chi connectivity index (χ2v) is 3.44. The zero-order valence-electron chi connectivity index (χ0n) is 6.76. The van der Waals surface area contributed by atoms with Crippen LogP contribution in [0.5, 0.6) is 0 Å². The van der Waals surface area contributed by atoms with Crippen molar-refractivity contribution < 1.29 is 4.79 Å². The van der Waals surface area contributed by atoms with E-state index in [-0.39, 0.29) is 5.91 Å². The van der Waals surface area contributed by atoms with E-state index < -0.39 is 0 Å². The summed E-state index contributed by atoms with van der Waals surface area (Å²) in [5.74, 6) is -0.105. The molecule has 11 heavy (non-hydrogen) atoms. The number of carbonyl (C=O) groups is 1. The molecule has 4 heteroatoms. The lowest BCUT2D eigenvalue weighted by molar-refractivity contribution is 0.0962. The van der Waals surface area contributed by atoms with Gasteiger partial charge < -0.3 is 5.32 Å². The molecule has 0 saturated heterocycles. The molecule has 0 fully saturated rings. The summed E-state index contributed by atoms with van der Waals surface area (Å²) >= 11 is 1.42. The Labute approximate surface area is 69.5 Å². The number of aromatic nitrogens is 1. The molecule has 0 aliphatic heterocycles. The van der Waals surface area contributed by atoms with Gasteiger partial charge in [0.05, 0.1) is 5.69 Å². The summed E-state index contributed by atoms with van der Waals surface area (Å²) < 4.78 is 0. The lowest BCUT2D eigenvalue weighted by Crippen LogP contribution is -2.17. The normalized spacial score (nSPS) is 9.73. The summed E-state index contributed by atoms with van der Waals surface area (Å²) in [4.78, 5) is 16.2. The largest absolute Gasteiger partial charge is 0.353 e. The van der Waals surface area contributed by atoms with Crippen molar-refractivity contribution in [2.45, 2.75) is 13.8 Å². The smallest absolute Gasteiger partial charge is 0.280 e. The topological polar surface area (TPSA) is 42.0 Å². The third-order valence-electron chi connectivity index (χ3n) is 1.45. The molecule has 0 aliphatic carbocycles. The zero-order valence-corrected chi connectivity index (χ0v) is 7.58. The zero-order chi connectivity index (χ0) is 8.43. The van der Waals surface area contributed by atoms with Crippen LogP contribution in [0.25, 0.3) is 0 Å². The van der Waals surface area contributed by atoms with Gasteiger partial charge in [-0.3, -0.25) is 4.79 Å². The Hall–Kier alpha value is -0.900. The molecular weight excluding hydrogens is 160 g/mol. The summed E-state index contributed by atoms with van der Waals surface area (Å²) in [5.41, 5.74) is 0.939. The summed E-state index contributed by atoms with van der Waals surface area (Å²) in [5, 5.41) is 3.07. The Morgan fingerprint density at radius 3 is 2.55 bits per heavy atom. The molecule has 3 nitrogen and oxygen atoms in total. The molecule has 1 N–H and O–H groups in total. The van der Waals surface area contributed by atoms with E-state index in [4.69, 9.17) is 0 Å². The van der Waals surface area contributed by atoms with Gasteiger partial charge in [-0.1, -0.05) is 0 Å². The van der Waals surface area contributed by atoms with E-state index in [1.165, 1.54) is 11.3 Å². The molecule has 0 saturated carbocycles. The number of aryl methyl sites for hydroxylation is 2. The predicted molar refractivity (Wildman–Crippen MR) is 45.0 cm³/mol. The van der Waals surface area contributed by atoms with E-state index in [2.05, 4.69) is 10.3 Å². The summed E-state index contributed by atoms with van der Waals surface area (Å²) in [7, 11) is 1.61. The fourth-order valence-electron chi connectivity index (χ4n) is 0.677. The average molecular weight is 170 g/mol. The molecule has 0 aliphatic rings. The average Bonchev–Trinajstić information content (AvgIpc) is 2.31. The first-order chi connectivity index (χ1) is 5.15. The second-order valence-electron chi connectivity index (χ2n) is 2.24. The minimum atomic E-state index is -0.105. The van der Waals surface area contributed by atoms with Gasteiger partial charge in [-0.25, -0.2) is 4.98 Å². The van der Waals surface area contributed by atoms with Gasteiger partial charge in [-0.2, -0.15) is 0 Å². The van der Waals surface area contributed by atoms with Crippen LogP contribution in [0.3, 0.4) is 0 Å². The summed E-state index contributed by atoms with van der Waals surface area (Å²) in [6.07, 6.45) is 0. The Morgan fingerprint density at radius 1 is 1.55 bits per heavy atom. The van der Waals surface area contributed by atoms with Crippen LogP contribution in [-0.4, -0.2) is 17.9 Å². The fourth-order valence-corrected chi connectivity index (χ4v) is 1.54. The lowest BCUT2D eigenvalue weighted by atomic mass is 10.4. The fraction of sp³-hybridized carbons (Fsp3) is 0.429. The number of carbonyl (C=O) groups excluding carboxylic acids is 1. The molecule has 0 aromatic carbocycles. The van der Waals surface area contributed by atoms with Gasteiger partial charge in [-0.05, 0) is 13.8 Å². The van der Waals surface area contributed by atoms with Crippen LogP contribution in [0.1, 0.15) is 20.4 Å². The van der Waals surface area contributed by atoms with Gasteiger partial charge in [-0.15, -0.1) is 11.3 Å². The monoisotopic (exact) mass is 170 g/mol. The third kappa shape index (κ3) is 1.57. The third-order valence-corrected chi connectivity index (χ3v) is 2.52. The molecular formula is C7H10N2OS. The van der Waals surface area contributed by atoms with Gasteiger partial charge in [0.2, 0.25) is 0 Å². The van der Waals surface area contributed by atoms with Gasteiger partial charge in [0.25, 0.3) is 5.91 Å². The lowest BCUT2D eigenvalue weighted by Gasteiger charge is -1.89. The van der Waals surface area contributed by atoms with Crippen molar-refractivity contribution in [3.63, 3.8) is 0 Å². The van der Waals surface area contributed by atoms with Crippen molar-refractivity contribution in [3.05, 3.63) is 15.6 Å². The van der Waals surface area contributed by atoms with E-state index in [9.17, 15) is 4.79 Å². The van der Waals surface area contributed by atoms with Crippen LogP contribution in [0.15, 0.2) is 0 Å². The van der Waals surface area contributed by atoms with E-state index >= 15 is 0 Å². The standard InChI is InChI=1S/C7H10N2OS/c1-4-5(2)11-7(9-4)6(10)8-3/h1-3H3,(H,8,10). The Morgan fingerprint density at radius 2 is 2.18 bits per heavy atom. The molecule has 0 unspecified atom stereocenters. The number of nitrogens with one attached hydrogen (secondary N) is 1. The van der Waals surface area contributed by atoms with E-state index in [0.717, 1.165) is 10.6 Å². The van der Waals surface area contributed by atoms with E-state index in [1.807, 2.05) is 13.8 Å². The van der Waals surface area contributed by atoms with Crippen LogP contribution >= 0.6 is 11.3 Å². The SMILES string of the molecule is CNC(=O)c1nc(C)c(C)s1. The van der Waals surface area contributed by atoms with Crippen molar-refractivity contribution in [2.75, 3.05) is 7.05 Å². The van der Waals surface area contributed by atoms with Crippen molar-refractivity contribution in [1.29, 1.82) is 0 Å². The highest BCUT2D eigenvalue weighted by Crippen LogP contribution is 2.15. The molecule has 1 heterocycles. The molecule has 0 bridgehead atoms. The van der Waals surface area contributed by atoms with Gasteiger partial charge in [0.15, 0.2) is 5.01 Å². The number of hydrogen-bond acceptors (Lipinski definition) is 3. The number of amides is 1. The van der Waals surface area contributed by atoms with Gasteiger partial charge in [0, 0.05) is 11.9 Å². The number of nitrogens with zero attached hydrogens (tertiary/aromatic N) is 1. The van der Waals surface area contributed by atoms with Crippen molar-refractivity contribution >= 4 is 17.2 Å². The number of rotatable bonds is 1. The molecule has 0 radical (unpaired) electrons. The Balaban J connectivity index is 2.97. The minimum Gasteiger partial charge on any atom is -0.353 e. The summed E-state index contributed by atoms with van der Waals surface area (Å²) in [6, 6.07) is 0. The first-order valence-corrected chi connectivity index (χ1v) is 4.13. The summed E-state index contributed by atoms with van der Waals surface area (Å²) in [6.45, 7) is 3.86. The maximum absolute atomic E-state index is 11.0. The molecule has 0 atom stereocenters. The Kier molecular flexibility index (Phi) is 2.24. The van der Waals surface area contributed by atoms with Crippen molar-refractivity contribution in [2.24, 2.45) is 0 Å². The second kappa shape index (κ2) is 3.00. The van der Waals surface area contributed by atoms with Gasteiger partial charge >= 0.3 is 0 Å². The van der Waals surface area contributed by atoms with Crippen LogP contribution < -0.4 is 5.32 Å². The van der Waals surface area contributed by atoms with E-state index in [0.29, 0.717) is 5.01 Å². The van der Waals surface area contributed by atoms with Crippen molar-refractivity contribution in [1.82, 2.24) is 10.3 Å². The van der Waals surface area contributed by atoms with E-state index in [1.54, 1.807) is 7.05 Å². The van der Waals surface area contributed by atoms with Gasteiger partial charge in [0.1, 0.15) is 0 Å². The number of hydrogen-bond donors (Lipinski definition) is 1. The first-order valence-electron chi connectivity index (χ1n) is 3.31. The maximum Gasteiger partial charge on any atom is 0.280 e. The first kappa shape index (κ1) is 8.20. The highest BCUT2D eigenvalue weighted by atomic mass is 32.1. The maximum atomic E-state index is 11.0. The van der Waals surface area contributed by atoms with Crippen LogP contribution in [0.4, 0.5) is 0 Å². The Bertz CT molecular complexity index is 260. The van der Waals surface area contributed by atoms with Crippen LogP contribution in [0.2, 0.25) is 0 Å². The van der Waals surface area contributed by atoms with Crippen LogP contribution in [0, 0.1) is 13.8 Å². The molecule has 1 rings (SSSR count). The highest BCUT2D eigenvalue weighted by Gasteiger charge is 2.09. The number of thiazole rings is 1. The predicted octanol–water partition coefficient (Wildman–Crippen LogP) is 1.12. The molecule has 60 valence electrons. The molecule has 1 amide bonds. The molecule has 1 aromatic rings.